The van der Waals surface area contributed by atoms with Crippen LogP contribution in [-0.2, 0) is 20.9 Å². The summed E-state index contributed by atoms with van der Waals surface area (Å²) in [6.07, 6.45) is 4.56. The summed E-state index contributed by atoms with van der Waals surface area (Å²) < 4.78 is 16.3. The van der Waals surface area contributed by atoms with Gasteiger partial charge in [0, 0.05) is 29.6 Å². The van der Waals surface area contributed by atoms with E-state index in [1.165, 1.54) is 14.2 Å². The highest BCUT2D eigenvalue weighted by atomic mass is 16.5. The van der Waals surface area contributed by atoms with Gasteiger partial charge in [0.05, 0.1) is 56.1 Å². The number of aromatic nitrogens is 4. The topological polar surface area (TPSA) is 187 Å². The van der Waals surface area contributed by atoms with Crippen molar-refractivity contribution >= 4 is 28.9 Å². The van der Waals surface area contributed by atoms with Crippen LogP contribution in [-0.4, -0.2) is 86.5 Å². The van der Waals surface area contributed by atoms with Gasteiger partial charge in [-0.2, -0.15) is 0 Å². The minimum atomic E-state index is -1.01. The molecule has 5 N–H and O–H groups in total. The van der Waals surface area contributed by atoms with Gasteiger partial charge in [0.2, 0.25) is 0 Å². The van der Waals surface area contributed by atoms with E-state index in [0.717, 1.165) is 92.8 Å². The van der Waals surface area contributed by atoms with Crippen molar-refractivity contribution in [1.29, 1.82) is 0 Å². The molecule has 5 atom stereocenters. The molecule has 3 aliphatic heterocycles. The van der Waals surface area contributed by atoms with Crippen molar-refractivity contribution in [1.82, 2.24) is 40.4 Å². The van der Waals surface area contributed by atoms with Crippen molar-refractivity contribution in [3.8, 4) is 39.4 Å². The SMILES string of the molecule is COC(=O)NC(C(=O)N1CCC[C@H]1c1ncc(-c2ccc3c4c(ccc3c2)-c2ccc(-c3cnc([C@@H]5CCCN5C(O)C(NC(=O)OC)c5ccccc5)[nH]3)cc2CO4)[nH]1)c1ccccc1. The molecule has 2 fully saturated rings. The first-order valence-electron chi connectivity index (χ1n) is 22.2. The zero-order valence-electron chi connectivity index (χ0n) is 36.6. The van der Waals surface area contributed by atoms with Gasteiger partial charge in [-0.25, -0.2) is 19.6 Å². The number of carbonyl (C=O) groups excluding carboxylic acids is 3. The van der Waals surface area contributed by atoms with E-state index in [2.05, 4.69) is 69.1 Å². The number of amides is 3. The normalized spacial score (nSPS) is 18.1. The molecule has 10 rings (SSSR count). The number of rotatable bonds is 11. The van der Waals surface area contributed by atoms with E-state index >= 15 is 0 Å². The van der Waals surface area contributed by atoms with E-state index in [4.69, 9.17) is 24.2 Å². The smallest absolute Gasteiger partial charge is 0.407 e. The molecule has 2 aromatic heterocycles. The minimum absolute atomic E-state index is 0.179. The van der Waals surface area contributed by atoms with Crippen LogP contribution in [0, 0.1) is 0 Å². The second-order valence-corrected chi connectivity index (χ2v) is 16.9. The van der Waals surface area contributed by atoms with Crippen molar-refractivity contribution in [3.63, 3.8) is 0 Å². The van der Waals surface area contributed by atoms with E-state index in [0.29, 0.717) is 31.1 Å². The Morgan fingerprint density at radius 3 is 2.08 bits per heavy atom. The second kappa shape index (κ2) is 18.2. The molecule has 5 aromatic carbocycles. The highest BCUT2D eigenvalue weighted by molar-refractivity contribution is 5.98. The number of H-pyrrole nitrogens is 2. The summed E-state index contributed by atoms with van der Waals surface area (Å²) in [7, 11) is 2.59. The number of hydrogen-bond acceptors (Lipinski definition) is 10. The number of likely N-dealkylation sites (tertiary alicyclic amines) is 2. The Hall–Kier alpha value is -7.49. The number of nitrogens with zero attached hydrogens (tertiary/aromatic N) is 4. The highest BCUT2D eigenvalue weighted by Gasteiger charge is 2.39. The summed E-state index contributed by atoms with van der Waals surface area (Å²) >= 11 is 0. The molecule has 7 aromatic rings. The molecule has 15 nitrogen and oxygen atoms in total. The number of ether oxygens (including phenoxy) is 3. The van der Waals surface area contributed by atoms with Crippen LogP contribution in [0.3, 0.4) is 0 Å². The van der Waals surface area contributed by atoms with E-state index in [1.54, 1.807) is 4.90 Å². The van der Waals surface area contributed by atoms with Crippen LogP contribution >= 0.6 is 0 Å². The van der Waals surface area contributed by atoms with Crippen LogP contribution in [0.1, 0.15) is 78.2 Å². The zero-order valence-corrected chi connectivity index (χ0v) is 36.6. The molecule has 66 heavy (non-hydrogen) atoms. The lowest BCUT2D eigenvalue weighted by Crippen LogP contribution is -2.46. The van der Waals surface area contributed by atoms with E-state index in [9.17, 15) is 19.5 Å². The summed E-state index contributed by atoms with van der Waals surface area (Å²) in [6, 6.07) is 33.4. The predicted octanol–water partition coefficient (Wildman–Crippen LogP) is 8.49. The van der Waals surface area contributed by atoms with Gasteiger partial charge < -0.3 is 44.8 Å². The fourth-order valence-corrected chi connectivity index (χ4v) is 9.79. The standard InChI is InChI=1S/C51H50N8O7/c1-64-50(62)56-43(30-11-5-3-6-12-30)48(60)58-23-9-15-41(58)46-52-27-39(54-46)33-19-21-37-32(25-33)17-22-38-36-20-18-34(26-35(36)29-66-45(37)38)40-28-53-47(55-40)42-16-10-24-59(42)49(61)44(57-51(63)65-2)31-13-7-4-8-14-31/h3-8,11-14,17-22,25-28,41-44,49,61H,9-10,15-16,23-24,29H2,1-2H3,(H,52,54)(H,53,55)(H,56,62)(H,57,63)/t41-,42-,43?,44?,49?/m0/s1. The first kappa shape index (κ1) is 42.5. The van der Waals surface area contributed by atoms with E-state index in [1.807, 2.05) is 78.0 Å². The molecule has 0 aliphatic carbocycles. The minimum Gasteiger partial charge on any atom is -0.488 e. The van der Waals surface area contributed by atoms with E-state index in [-0.39, 0.29) is 18.0 Å². The summed E-state index contributed by atoms with van der Waals surface area (Å²) in [4.78, 5) is 59.0. The number of aromatic amines is 2. The highest BCUT2D eigenvalue weighted by Crippen LogP contribution is 2.45. The molecule has 2 saturated heterocycles. The average Bonchev–Trinajstić information content (AvgIpc) is 4.22. The quantitative estimate of drug-likeness (QED) is 0.0843. The summed E-state index contributed by atoms with van der Waals surface area (Å²) in [5.74, 6) is 2.06. The largest absolute Gasteiger partial charge is 0.488 e. The fraction of sp³-hybridized carbons (Fsp3) is 0.275. The lowest BCUT2D eigenvalue weighted by atomic mass is 9.92. The molecule has 0 bridgehead atoms. The number of alkyl carbamates (subject to hydrolysis) is 2. The molecule has 0 radical (unpaired) electrons. The van der Waals surface area contributed by atoms with Crippen LogP contribution in [0.25, 0.3) is 44.4 Å². The Bertz CT molecular complexity index is 2900. The molecule has 3 aliphatic rings. The van der Waals surface area contributed by atoms with Crippen molar-refractivity contribution < 1.29 is 33.7 Å². The lowest BCUT2D eigenvalue weighted by Gasteiger charge is -2.34. The molecule has 3 amide bonds. The van der Waals surface area contributed by atoms with Gasteiger partial charge in [-0.3, -0.25) is 9.69 Å². The Morgan fingerprint density at radius 1 is 0.727 bits per heavy atom. The lowest BCUT2D eigenvalue weighted by molar-refractivity contribution is -0.134. The maximum atomic E-state index is 14.0. The number of methoxy groups -OCH3 is 2. The number of carbonyl (C=O) groups is 3. The monoisotopic (exact) mass is 886 g/mol. The van der Waals surface area contributed by atoms with Crippen LogP contribution < -0.4 is 15.4 Å². The molecule has 15 heteroatoms. The number of benzene rings is 5. The van der Waals surface area contributed by atoms with Gasteiger partial charge >= 0.3 is 12.2 Å². The fourth-order valence-electron chi connectivity index (χ4n) is 9.79. The Labute approximate surface area is 381 Å². The summed E-state index contributed by atoms with van der Waals surface area (Å²) in [5.41, 5.74) is 8.25. The Kier molecular flexibility index (Phi) is 11.7. The first-order valence-corrected chi connectivity index (χ1v) is 22.2. The number of aliphatic hydroxyl groups excluding tert-OH is 1. The Balaban J connectivity index is 0.852. The third-order valence-electron chi connectivity index (χ3n) is 13.1. The number of nitrogens with one attached hydrogen (secondary N) is 4. The number of aliphatic hydroxyl groups is 1. The van der Waals surface area contributed by atoms with Crippen molar-refractivity contribution in [2.45, 2.75) is 62.7 Å². The van der Waals surface area contributed by atoms with Gasteiger partial charge in [0.15, 0.2) is 0 Å². The van der Waals surface area contributed by atoms with Gasteiger partial charge in [0.1, 0.15) is 36.3 Å². The second-order valence-electron chi connectivity index (χ2n) is 16.9. The third kappa shape index (κ3) is 8.11. The van der Waals surface area contributed by atoms with Crippen LogP contribution in [0.4, 0.5) is 9.59 Å². The summed E-state index contributed by atoms with van der Waals surface area (Å²) in [6.45, 7) is 1.58. The molecule has 3 unspecified atom stereocenters. The molecular weight excluding hydrogens is 837 g/mol. The van der Waals surface area contributed by atoms with Crippen molar-refractivity contribution in [3.05, 3.63) is 150 Å². The van der Waals surface area contributed by atoms with Crippen molar-refractivity contribution in [2.75, 3.05) is 27.3 Å². The predicted molar refractivity (Wildman–Crippen MR) is 247 cm³/mol. The van der Waals surface area contributed by atoms with Gasteiger partial charge in [0.25, 0.3) is 5.91 Å². The first-order chi connectivity index (χ1) is 32.3. The maximum Gasteiger partial charge on any atom is 0.407 e. The number of fused-ring (bicyclic) bond motifs is 5. The Morgan fingerprint density at radius 2 is 1.35 bits per heavy atom. The van der Waals surface area contributed by atoms with Gasteiger partial charge in [-0.15, -0.1) is 0 Å². The molecule has 336 valence electrons. The molecule has 0 spiro atoms. The van der Waals surface area contributed by atoms with Gasteiger partial charge in [-0.05, 0) is 77.1 Å². The average molecular weight is 887 g/mol. The van der Waals surface area contributed by atoms with Crippen LogP contribution in [0.15, 0.2) is 122 Å². The van der Waals surface area contributed by atoms with Crippen molar-refractivity contribution in [2.24, 2.45) is 0 Å². The number of hydrogen-bond donors (Lipinski definition) is 5. The van der Waals surface area contributed by atoms with Crippen LogP contribution in [0.2, 0.25) is 0 Å². The van der Waals surface area contributed by atoms with E-state index < -0.39 is 30.5 Å². The van der Waals surface area contributed by atoms with Gasteiger partial charge in [-0.1, -0.05) is 91.0 Å². The molecule has 5 heterocycles. The zero-order chi connectivity index (χ0) is 45.3. The molecular formula is C51H50N8O7. The van der Waals surface area contributed by atoms with Crippen LogP contribution in [0.5, 0.6) is 5.75 Å². The molecule has 0 saturated carbocycles. The third-order valence-corrected chi connectivity index (χ3v) is 13.1. The summed E-state index contributed by atoms with van der Waals surface area (Å²) in [5, 5.41) is 19.3. The number of imidazole rings is 2. The maximum absolute atomic E-state index is 14.0.